The SMILES string of the molecule is CC(Oc1cc(OC(C)C(=O)O)c2oc3c(c(=O)c2c1)CCCC3)C(=O)O. The molecule has 2 unspecified atom stereocenters. The highest BCUT2D eigenvalue weighted by atomic mass is 16.5. The van der Waals surface area contributed by atoms with Crippen LogP contribution in [0.5, 0.6) is 11.5 Å². The van der Waals surface area contributed by atoms with Crippen molar-refractivity contribution in [2.75, 3.05) is 0 Å². The zero-order valence-corrected chi connectivity index (χ0v) is 15.0. The van der Waals surface area contributed by atoms with E-state index in [2.05, 4.69) is 0 Å². The van der Waals surface area contributed by atoms with E-state index in [-0.39, 0.29) is 27.9 Å². The zero-order chi connectivity index (χ0) is 19.7. The Morgan fingerprint density at radius 2 is 1.67 bits per heavy atom. The summed E-state index contributed by atoms with van der Waals surface area (Å²) in [6.07, 6.45) is 0.669. The molecule has 1 aromatic heterocycles. The normalized spacial score (nSPS) is 15.6. The van der Waals surface area contributed by atoms with E-state index in [9.17, 15) is 14.4 Å². The first-order valence-electron chi connectivity index (χ1n) is 8.69. The van der Waals surface area contributed by atoms with Gasteiger partial charge in [-0.2, -0.15) is 0 Å². The van der Waals surface area contributed by atoms with Gasteiger partial charge in [0.25, 0.3) is 0 Å². The lowest BCUT2D eigenvalue weighted by molar-refractivity contribution is -0.144. The predicted octanol–water partition coefficient (Wildman–Crippen LogP) is 2.38. The third-order valence-electron chi connectivity index (χ3n) is 4.50. The van der Waals surface area contributed by atoms with Gasteiger partial charge in [0, 0.05) is 18.1 Å². The summed E-state index contributed by atoms with van der Waals surface area (Å²) in [5.41, 5.74) is 0.505. The summed E-state index contributed by atoms with van der Waals surface area (Å²) in [7, 11) is 0. The first-order chi connectivity index (χ1) is 12.8. The molecule has 0 bridgehead atoms. The third kappa shape index (κ3) is 3.74. The molecule has 1 aliphatic carbocycles. The molecule has 2 aromatic rings. The van der Waals surface area contributed by atoms with Gasteiger partial charge < -0.3 is 24.1 Å². The molecule has 0 aliphatic heterocycles. The predicted molar refractivity (Wildman–Crippen MR) is 94.6 cm³/mol. The fourth-order valence-corrected chi connectivity index (χ4v) is 3.02. The van der Waals surface area contributed by atoms with Crippen LogP contribution in [0.25, 0.3) is 11.0 Å². The second kappa shape index (κ2) is 7.30. The van der Waals surface area contributed by atoms with Gasteiger partial charge in [0.15, 0.2) is 29.0 Å². The number of fused-ring (bicyclic) bond motifs is 2. The average Bonchev–Trinajstić information content (AvgIpc) is 2.62. The summed E-state index contributed by atoms with van der Waals surface area (Å²) in [6, 6.07) is 2.76. The quantitative estimate of drug-likeness (QED) is 0.788. The van der Waals surface area contributed by atoms with Crippen molar-refractivity contribution in [1.29, 1.82) is 0 Å². The van der Waals surface area contributed by atoms with E-state index in [1.54, 1.807) is 0 Å². The topological polar surface area (TPSA) is 123 Å². The Labute approximate surface area is 154 Å². The summed E-state index contributed by atoms with van der Waals surface area (Å²) in [6.45, 7) is 2.69. The van der Waals surface area contributed by atoms with Crippen molar-refractivity contribution in [2.45, 2.75) is 51.7 Å². The second-order valence-electron chi connectivity index (χ2n) is 6.53. The number of carboxylic acids is 2. The van der Waals surface area contributed by atoms with Gasteiger partial charge >= 0.3 is 11.9 Å². The number of aliphatic carboxylic acids is 2. The largest absolute Gasteiger partial charge is 0.479 e. The van der Waals surface area contributed by atoms with Crippen LogP contribution >= 0.6 is 0 Å². The molecule has 0 radical (unpaired) electrons. The fraction of sp³-hybridized carbons (Fsp3) is 0.421. The highest BCUT2D eigenvalue weighted by molar-refractivity contribution is 5.86. The number of aryl methyl sites for hydroxylation is 1. The molecular formula is C19H20O8. The molecule has 1 aliphatic rings. The van der Waals surface area contributed by atoms with Gasteiger partial charge in [0.2, 0.25) is 0 Å². The Bertz CT molecular complexity index is 958. The molecule has 3 rings (SSSR count). The minimum atomic E-state index is -1.19. The molecule has 0 amide bonds. The van der Waals surface area contributed by atoms with Crippen LogP contribution in [0, 0.1) is 0 Å². The van der Waals surface area contributed by atoms with E-state index < -0.39 is 24.1 Å². The standard InChI is InChI=1S/C19H20O8/c1-9(18(21)22)25-11-7-13-16(20)12-5-3-4-6-14(12)27-17(13)15(8-11)26-10(2)19(23)24/h7-10H,3-6H2,1-2H3,(H,21,22)(H,23,24). The number of benzene rings is 1. The van der Waals surface area contributed by atoms with Crippen LogP contribution in [-0.2, 0) is 22.4 Å². The van der Waals surface area contributed by atoms with Crippen molar-refractivity contribution >= 4 is 22.9 Å². The van der Waals surface area contributed by atoms with E-state index in [1.165, 1.54) is 26.0 Å². The summed E-state index contributed by atoms with van der Waals surface area (Å²) in [4.78, 5) is 35.1. The van der Waals surface area contributed by atoms with Crippen molar-refractivity contribution in [1.82, 2.24) is 0 Å². The smallest absolute Gasteiger partial charge is 0.344 e. The molecule has 1 aromatic carbocycles. The number of hydrogen-bond donors (Lipinski definition) is 2. The lowest BCUT2D eigenvalue weighted by Gasteiger charge is -2.18. The molecule has 27 heavy (non-hydrogen) atoms. The molecular weight excluding hydrogens is 356 g/mol. The van der Waals surface area contributed by atoms with Crippen LogP contribution in [0.4, 0.5) is 0 Å². The lowest BCUT2D eigenvalue weighted by atomic mass is 9.95. The molecule has 8 nitrogen and oxygen atoms in total. The van der Waals surface area contributed by atoms with Gasteiger partial charge in [-0.3, -0.25) is 4.79 Å². The molecule has 0 spiro atoms. The molecule has 144 valence electrons. The highest BCUT2D eigenvalue weighted by Gasteiger charge is 2.24. The van der Waals surface area contributed by atoms with Crippen molar-refractivity contribution in [3.63, 3.8) is 0 Å². The number of carbonyl (C=O) groups is 2. The van der Waals surface area contributed by atoms with E-state index in [0.717, 1.165) is 12.8 Å². The van der Waals surface area contributed by atoms with Crippen molar-refractivity contribution in [3.05, 3.63) is 33.7 Å². The number of ether oxygens (including phenoxy) is 2. The number of hydrogen-bond acceptors (Lipinski definition) is 6. The van der Waals surface area contributed by atoms with Gasteiger partial charge in [0.1, 0.15) is 11.5 Å². The second-order valence-corrected chi connectivity index (χ2v) is 6.53. The van der Waals surface area contributed by atoms with E-state index in [4.69, 9.17) is 24.1 Å². The maximum Gasteiger partial charge on any atom is 0.344 e. The van der Waals surface area contributed by atoms with Gasteiger partial charge in [-0.15, -0.1) is 0 Å². The first-order valence-corrected chi connectivity index (χ1v) is 8.69. The van der Waals surface area contributed by atoms with E-state index >= 15 is 0 Å². The number of carboxylic acid groups (broad SMARTS) is 2. The van der Waals surface area contributed by atoms with Gasteiger partial charge in [0.05, 0.1) is 5.39 Å². The molecule has 0 fully saturated rings. The summed E-state index contributed by atoms with van der Waals surface area (Å²) in [5.74, 6) is -1.66. The van der Waals surface area contributed by atoms with Gasteiger partial charge in [-0.05, 0) is 39.2 Å². The van der Waals surface area contributed by atoms with Crippen molar-refractivity contribution in [3.8, 4) is 11.5 Å². The van der Waals surface area contributed by atoms with Crippen LogP contribution in [0.3, 0.4) is 0 Å². The Morgan fingerprint density at radius 1 is 1.04 bits per heavy atom. The lowest BCUT2D eigenvalue weighted by Crippen LogP contribution is -2.25. The summed E-state index contributed by atoms with van der Waals surface area (Å²) < 4.78 is 16.7. The van der Waals surface area contributed by atoms with Crippen molar-refractivity contribution < 1.29 is 33.7 Å². The molecule has 2 N–H and O–H groups in total. The van der Waals surface area contributed by atoms with Crippen LogP contribution in [0.2, 0.25) is 0 Å². The van der Waals surface area contributed by atoms with Crippen LogP contribution in [-0.4, -0.2) is 34.4 Å². The van der Waals surface area contributed by atoms with Crippen molar-refractivity contribution in [2.24, 2.45) is 0 Å². The molecule has 0 saturated carbocycles. The summed E-state index contributed by atoms with van der Waals surface area (Å²) in [5, 5.41) is 18.3. The van der Waals surface area contributed by atoms with Gasteiger partial charge in [-0.25, -0.2) is 9.59 Å². The third-order valence-corrected chi connectivity index (χ3v) is 4.50. The Morgan fingerprint density at radius 3 is 2.33 bits per heavy atom. The molecule has 8 heteroatoms. The van der Waals surface area contributed by atoms with Crippen LogP contribution in [0.15, 0.2) is 21.3 Å². The zero-order valence-electron chi connectivity index (χ0n) is 15.0. The van der Waals surface area contributed by atoms with E-state index in [0.29, 0.717) is 24.2 Å². The molecule has 0 saturated heterocycles. The first kappa shape index (κ1) is 18.8. The summed E-state index contributed by atoms with van der Waals surface area (Å²) >= 11 is 0. The van der Waals surface area contributed by atoms with Crippen LogP contribution in [0.1, 0.15) is 38.0 Å². The fourth-order valence-electron chi connectivity index (χ4n) is 3.02. The Hall–Kier alpha value is -3.03. The maximum atomic E-state index is 12.9. The minimum Gasteiger partial charge on any atom is -0.479 e. The monoisotopic (exact) mass is 376 g/mol. The highest BCUT2D eigenvalue weighted by Crippen LogP contribution is 2.34. The molecule has 1 heterocycles. The Balaban J connectivity index is 2.18. The van der Waals surface area contributed by atoms with Crippen LogP contribution < -0.4 is 14.9 Å². The average molecular weight is 376 g/mol. The van der Waals surface area contributed by atoms with Gasteiger partial charge in [-0.1, -0.05) is 0 Å². The van der Waals surface area contributed by atoms with E-state index in [1.807, 2.05) is 0 Å². The Kier molecular flexibility index (Phi) is 5.07. The number of rotatable bonds is 6. The maximum absolute atomic E-state index is 12.9. The minimum absolute atomic E-state index is 0.0282. The molecule has 2 atom stereocenters.